The van der Waals surface area contributed by atoms with Gasteiger partial charge in [0.25, 0.3) is 0 Å². The zero-order chi connectivity index (χ0) is 11.5. The molecular formula is C13H21NSi. The average molecular weight is 219 g/mol. The maximum absolute atomic E-state index is 3.77. The first-order valence-electron chi connectivity index (χ1n) is 5.33. The summed E-state index contributed by atoms with van der Waals surface area (Å²) in [6.45, 7) is 8.60. The Morgan fingerprint density at radius 1 is 1.20 bits per heavy atom. The highest BCUT2D eigenvalue weighted by Gasteiger charge is 2.23. The van der Waals surface area contributed by atoms with E-state index in [4.69, 9.17) is 0 Å². The Morgan fingerprint density at radius 2 is 1.73 bits per heavy atom. The second-order valence-electron chi connectivity index (χ2n) is 4.95. The quantitative estimate of drug-likeness (QED) is 0.703. The van der Waals surface area contributed by atoms with Gasteiger partial charge in [0, 0.05) is 0 Å². The van der Waals surface area contributed by atoms with Crippen LogP contribution in [0.2, 0.25) is 13.1 Å². The van der Waals surface area contributed by atoms with Crippen LogP contribution in [0.25, 0.3) is 6.08 Å². The van der Waals surface area contributed by atoms with Crippen LogP contribution in [0.1, 0.15) is 5.56 Å². The van der Waals surface area contributed by atoms with Crippen LogP contribution < -0.4 is 5.19 Å². The van der Waals surface area contributed by atoms with E-state index in [0.717, 1.165) is 0 Å². The largest absolute Gasteiger partial charge is 0.312 e. The van der Waals surface area contributed by atoms with Crippen LogP contribution in [0.3, 0.4) is 0 Å². The van der Waals surface area contributed by atoms with Gasteiger partial charge in [-0.2, -0.15) is 0 Å². The average Bonchev–Trinajstić information content (AvgIpc) is 2.16. The molecule has 82 valence electrons. The zero-order valence-corrected chi connectivity index (χ0v) is 11.2. The van der Waals surface area contributed by atoms with Gasteiger partial charge in [0.15, 0.2) is 0 Å². The first kappa shape index (κ1) is 12.2. The molecule has 0 atom stereocenters. The maximum Gasteiger partial charge on any atom is 0.0948 e. The smallest absolute Gasteiger partial charge is 0.0948 e. The van der Waals surface area contributed by atoms with Crippen LogP contribution in [0, 0.1) is 0 Å². The third kappa shape index (κ3) is 3.32. The summed E-state index contributed by atoms with van der Waals surface area (Å²) in [6.07, 6.45) is 3.09. The van der Waals surface area contributed by atoms with Crippen molar-refractivity contribution >= 4 is 19.3 Å². The Morgan fingerprint density at radius 3 is 2.13 bits per heavy atom. The lowest BCUT2D eigenvalue weighted by molar-refractivity contribution is 0.472. The molecule has 0 radical (unpaired) electrons. The monoisotopic (exact) mass is 219 g/mol. The van der Waals surface area contributed by atoms with E-state index in [1.54, 1.807) is 0 Å². The number of hydrogen-bond donors (Lipinski definition) is 0. The second kappa shape index (κ2) is 4.77. The Bertz CT molecular complexity index is 325. The lowest BCUT2D eigenvalue weighted by Crippen LogP contribution is -2.50. The van der Waals surface area contributed by atoms with E-state index in [1.807, 2.05) is 6.08 Å². The second-order valence-corrected chi connectivity index (χ2v) is 9.61. The summed E-state index contributed by atoms with van der Waals surface area (Å²) < 4.78 is 0. The van der Waals surface area contributed by atoms with Crippen LogP contribution in [0.15, 0.2) is 30.8 Å². The van der Waals surface area contributed by atoms with Crippen molar-refractivity contribution in [3.8, 4) is 0 Å². The van der Waals surface area contributed by atoms with Gasteiger partial charge in [-0.3, -0.25) is 0 Å². The van der Waals surface area contributed by atoms with Crippen molar-refractivity contribution in [2.75, 3.05) is 20.3 Å². The molecule has 0 aliphatic heterocycles. The number of benzene rings is 1. The Hall–Kier alpha value is -0.863. The van der Waals surface area contributed by atoms with Gasteiger partial charge in [-0.1, -0.05) is 55.2 Å². The van der Waals surface area contributed by atoms with Gasteiger partial charge in [-0.25, -0.2) is 0 Å². The summed E-state index contributed by atoms with van der Waals surface area (Å²) in [5.74, 6) is 0. The molecule has 0 amide bonds. The molecule has 0 aliphatic carbocycles. The fraction of sp³-hybridized carbons (Fsp3) is 0.385. The predicted octanol–water partition coefficient (Wildman–Crippen LogP) is 2.35. The fourth-order valence-corrected chi connectivity index (χ4v) is 4.78. The molecule has 15 heavy (non-hydrogen) atoms. The van der Waals surface area contributed by atoms with Crippen LogP contribution in [-0.4, -0.2) is 33.2 Å². The van der Waals surface area contributed by atoms with E-state index >= 15 is 0 Å². The molecule has 0 bridgehead atoms. The molecule has 0 heterocycles. The van der Waals surface area contributed by atoms with Crippen molar-refractivity contribution in [3.05, 3.63) is 36.4 Å². The molecule has 0 aliphatic rings. The van der Waals surface area contributed by atoms with Gasteiger partial charge in [-0.05, 0) is 25.8 Å². The molecule has 0 saturated carbocycles. The van der Waals surface area contributed by atoms with Crippen LogP contribution >= 0.6 is 0 Å². The molecular weight excluding hydrogens is 198 g/mol. The molecule has 1 nitrogen and oxygen atoms in total. The Balaban J connectivity index is 2.89. The molecule has 1 rings (SSSR count). The van der Waals surface area contributed by atoms with Gasteiger partial charge >= 0.3 is 0 Å². The maximum atomic E-state index is 3.77. The van der Waals surface area contributed by atoms with Crippen molar-refractivity contribution in [1.82, 2.24) is 4.90 Å². The summed E-state index contributed by atoms with van der Waals surface area (Å²) in [5.41, 5.74) is 1.20. The molecule has 0 saturated heterocycles. The number of rotatable bonds is 4. The van der Waals surface area contributed by atoms with Crippen molar-refractivity contribution in [2.24, 2.45) is 0 Å². The van der Waals surface area contributed by atoms with E-state index in [9.17, 15) is 0 Å². The normalized spacial score (nSPS) is 11.8. The Kier molecular flexibility index (Phi) is 3.88. The highest BCUT2D eigenvalue weighted by molar-refractivity contribution is 6.89. The van der Waals surface area contributed by atoms with Crippen LogP contribution in [0.4, 0.5) is 0 Å². The molecule has 0 N–H and O–H groups in total. The highest BCUT2D eigenvalue weighted by Crippen LogP contribution is 2.06. The summed E-state index contributed by atoms with van der Waals surface area (Å²) in [5, 5.41) is 1.52. The van der Waals surface area contributed by atoms with E-state index in [2.05, 4.69) is 62.9 Å². The lowest BCUT2D eigenvalue weighted by atomic mass is 10.2. The molecule has 0 unspecified atom stereocenters. The highest BCUT2D eigenvalue weighted by atomic mass is 28.3. The summed E-state index contributed by atoms with van der Waals surface area (Å²) in [4.78, 5) is 2.29. The fourth-order valence-electron chi connectivity index (χ4n) is 1.95. The van der Waals surface area contributed by atoms with E-state index < -0.39 is 8.07 Å². The van der Waals surface area contributed by atoms with E-state index in [-0.39, 0.29) is 0 Å². The predicted molar refractivity (Wildman–Crippen MR) is 72.2 cm³/mol. The lowest BCUT2D eigenvalue weighted by Gasteiger charge is -2.26. The SMILES string of the molecule is C=Cc1ccc([Si](C)(C)CN(C)C)cc1. The van der Waals surface area contributed by atoms with Gasteiger partial charge < -0.3 is 4.90 Å². The zero-order valence-electron chi connectivity index (χ0n) is 10.2. The molecule has 0 spiro atoms. The van der Waals surface area contributed by atoms with Gasteiger partial charge in [0.05, 0.1) is 8.07 Å². The van der Waals surface area contributed by atoms with Crippen molar-refractivity contribution in [1.29, 1.82) is 0 Å². The topological polar surface area (TPSA) is 3.24 Å². The minimum absolute atomic E-state index is 1.19. The molecule has 1 aromatic carbocycles. The number of nitrogens with zero attached hydrogens (tertiary/aromatic N) is 1. The standard InChI is InChI=1S/C13H21NSi/c1-6-12-7-9-13(10-8-12)15(4,5)11-14(2)3/h6-10H,1,11H2,2-5H3. The van der Waals surface area contributed by atoms with E-state index in [1.165, 1.54) is 16.9 Å². The summed E-state index contributed by atoms with van der Waals surface area (Å²) >= 11 is 0. The first-order chi connectivity index (χ1) is 6.95. The van der Waals surface area contributed by atoms with Crippen molar-refractivity contribution in [3.63, 3.8) is 0 Å². The first-order valence-corrected chi connectivity index (χ1v) is 8.54. The van der Waals surface area contributed by atoms with Gasteiger partial charge in [-0.15, -0.1) is 0 Å². The van der Waals surface area contributed by atoms with Gasteiger partial charge in [0.2, 0.25) is 0 Å². The third-order valence-electron chi connectivity index (χ3n) is 2.64. The molecule has 1 aromatic rings. The summed E-state index contributed by atoms with van der Waals surface area (Å²) in [7, 11) is 3.00. The Labute approximate surface area is 94.4 Å². The molecule has 0 fully saturated rings. The minimum atomic E-state index is -1.29. The van der Waals surface area contributed by atoms with Crippen LogP contribution in [0.5, 0.6) is 0 Å². The summed E-state index contributed by atoms with van der Waals surface area (Å²) in [6, 6.07) is 8.83. The number of hydrogen-bond acceptors (Lipinski definition) is 1. The molecule has 2 heteroatoms. The van der Waals surface area contributed by atoms with Crippen molar-refractivity contribution in [2.45, 2.75) is 13.1 Å². The van der Waals surface area contributed by atoms with E-state index in [0.29, 0.717) is 0 Å². The molecule has 0 aromatic heterocycles. The third-order valence-corrected chi connectivity index (χ3v) is 5.96. The minimum Gasteiger partial charge on any atom is -0.312 e. The van der Waals surface area contributed by atoms with Gasteiger partial charge in [0.1, 0.15) is 0 Å². The van der Waals surface area contributed by atoms with Crippen LogP contribution in [-0.2, 0) is 0 Å². The van der Waals surface area contributed by atoms with Crippen molar-refractivity contribution < 1.29 is 0 Å².